The van der Waals surface area contributed by atoms with Crippen LogP contribution in [0.5, 0.6) is 11.5 Å². The Bertz CT molecular complexity index is 477. The molecule has 1 aliphatic rings. The number of hydrogen-bond acceptors (Lipinski definition) is 5. The minimum atomic E-state index is -0.750. The van der Waals surface area contributed by atoms with Crippen molar-refractivity contribution in [3.05, 3.63) is 33.5 Å². The predicted octanol–water partition coefficient (Wildman–Crippen LogP) is -0.504. The van der Waals surface area contributed by atoms with Crippen molar-refractivity contribution < 1.29 is 19.7 Å². The van der Waals surface area contributed by atoms with Crippen LogP contribution in [0, 0.1) is 0 Å². The second-order valence-electron chi connectivity index (χ2n) is 2.88. The third-order valence-electron chi connectivity index (χ3n) is 1.96. The van der Waals surface area contributed by atoms with Gasteiger partial charge < -0.3 is 14.9 Å². The van der Waals surface area contributed by atoms with E-state index in [-0.39, 0.29) is 17.7 Å². The van der Waals surface area contributed by atoms with Crippen molar-refractivity contribution in [3.63, 3.8) is 0 Å². The topological polar surface area (TPSA) is 86.7 Å². The van der Waals surface area contributed by atoms with Gasteiger partial charge in [0.05, 0.1) is 5.56 Å². The van der Waals surface area contributed by atoms with E-state index < -0.39 is 22.9 Å². The summed E-state index contributed by atoms with van der Waals surface area (Å²) in [5.74, 6) is -2.10. The SMILES string of the molecule is O=C1OCc2cc(=O)c(O)cc([O-])c21. The number of ether oxygens (including phenoxy) is 1. The fraction of sp³-hybridized carbons (Fsp3) is 0.111. The van der Waals surface area contributed by atoms with Gasteiger partial charge >= 0.3 is 5.97 Å². The fourth-order valence-electron chi connectivity index (χ4n) is 1.29. The first-order valence-corrected chi connectivity index (χ1v) is 3.84. The molecule has 14 heavy (non-hydrogen) atoms. The summed E-state index contributed by atoms with van der Waals surface area (Å²) in [7, 11) is 0. The summed E-state index contributed by atoms with van der Waals surface area (Å²) in [6, 6.07) is 1.77. The first-order chi connectivity index (χ1) is 6.59. The Kier molecular flexibility index (Phi) is 1.67. The summed E-state index contributed by atoms with van der Waals surface area (Å²) < 4.78 is 4.58. The molecular weight excluding hydrogens is 188 g/mol. The van der Waals surface area contributed by atoms with Crippen LogP contribution in [0.4, 0.5) is 0 Å². The van der Waals surface area contributed by atoms with Crippen molar-refractivity contribution in [1.29, 1.82) is 0 Å². The lowest BCUT2D eigenvalue weighted by molar-refractivity contribution is -0.268. The number of hydrogen-bond donors (Lipinski definition) is 1. The average molecular weight is 193 g/mol. The van der Waals surface area contributed by atoms with Gasteiger partial charge in [0.1, 0.15) is 6.61 Å². The molecule has 0 fully saturated rings. The Morgan fingerprint density at radius 1 is 1.36 bits per heavy atom. The predicted molar refractivity (Wildman–Crippen MR) is 42.9 cm³/mol. The quantitative estimate of drug-likeness (QED) is 0.561. The molecule has 0 radical (unpaired) electrons. The molecule has 0 saturated heterocycles. The molecule has 5 heteroatoms. The highest BCUT2D eigenvalue weighted by Crippen LogP contribution is 2.25. The van der Waals surface area contributed by atoms with Crippen LogP contribution in [0.1, 0.15) is 15.9 Å². The van der Waals surface area contributed by atoms with Crippen molar-refractivity contribution in [2.75, 3.05) is 0 Å². The van der Waals surface area contributed by atoms with Gasteiger partial charge in [-0.2, -0.15) is 0 Å². The molecular formula is C9H5O5-. The van der Waals surface area contributed by atoms with Crippen molar-refractivity contribution in [1.82, 2.24) is 0 Å². The molecule has 0 amide bonds. The molecule has 0 aromatic heterocycles. The third-order valence-corrected chi connectivity index (χ3v) is 1.96. The smallest absolute Gasteiger partial charge is 0.338 e. The van der Waals surface area contributed by atoms with Gasteiger partial charge in [-0.15, -0.1) is 0 Å². The average Bonchev–Trinajstić information content (AvgIpc) is 2.41. The molecule has 0 unspecified atom stereocenters. The zero-order chi connectivity index (χ0) is 10.3. The maximum Gasteiger partial charge on any atom is 0.338 e. The van der Waals surface area contributed by atoms with Crippen LogP contribution in [0.25, 0.3) is 0 Å². The van der Waals surface area contributed by atoms with Gasteiger partial charge in [-0.3, -0.25) is 4.79 Å². The van der Waals surface area contributed by atoms with Crippen LogP contribution in [-0.2, 0) is 11.3 Å². The van der Waals surface area contributed by atoms with Crippen molar-refractivity contribution in [2.24, 2.45) is 0 Å². The van der Waals surface area contributed by atoms with Gasteiger partial charge in [0.15, 0.2) is 5.75 Å². The molecule has 5 nitrogen and oxygen atoms in total. The molecule has 1 heterocycles. The van der Waals surface area contributed by atoms with Crippen molar-refractivity contribution >= 4 is 5.97 Å². The van der Waals surface area contributed by atoms with E-state index in [1.807, 2.05) is 0 Å². The molecule has 1 N–H and O–H groups in total. The number of aromatic hydroxyl groups is 1. The van der Waals surface area contributed by atoms with Gasteiger partial charge in [0, 0.05) is 5.56 Å². The maximum atomic E-state index is 11.3. The van der Waals surface area contributed by atoms with E-state index >= 15 is 0 Å². The molecule has 0 spiro atoms. The lowest BCUT2D eigenvalue weighted by Crippen LogP contribution is -2.00. The van der Waals surface area contributed by atoms with Gasteiger partial charge in [0.2, 0.25) is 5.43 Å². The summed E-state index contributed by atoms with van der Waals surface area (Å²) in [6.45, 7) is -0.0905. The number of carbonyl (C=O) groups excluding carboxylic acids is 1. The Balaban J connectivity index is 2.86. The van der Waals surface area contributed by atoms with E-state index in [0.717, 1.165) is 12.1 Å². The first kappa shape index (κ1) is 8.55. The second-order valence-corrected chi connectivity index (χ2v) is 2.88. The minimum Gasteiger partial charge on any atom is -0.872 e. The molecule has 1 aliphatic heterocycles. The molecule has 1 aromatic carbocycles. The fourth-order valence-corrected chi connectivity index (χ4v) is 1.29. The standard InChI is InChI=1S/C9H6O5/c10-5-1-4-3-14-9(13)8(4)7(12)2-6(5)11/h1-2,12H,3H2,(H,10,11)/p-1. The van der Waals surface area contributed by atoms with E-state index in [9.17, 15) is 14.7 Å². The summed E-state index contributed by atoms with van der Waals surface area (Å²) in [5.41, 5.74) is -0.630. The number of esters is 1. The molecule has 0 saturated carbocycles. The van der Waals surface area contributed by atoms with Crippen LogP contribution >= 0.6 is 0 Å². The van der Waals surface area contributed by atoms with Crippen LogP contribution in [0.3, 0.4) is 0 Å². The second kappa shape index (κ2) is 2.73. The van der Waals surface area contributed by atoms with E-state index in [2.05, 4.69) is 4.74 Å². The molecule has 2 rings (SSSR count). The Morgan fingerprint density at radius 2 is 2.07 bits per heavy atom. The van der Waals surface area contributed by atoms with Crippen LogP contribution < -0.4 is 10.5 Å². The molecule has 0 aliphatic carbocycles. The van der Waals surface area contributed by atoms with Gasteiger partial charge in [-0.05, 0) is 12.1 Å². The molecule has 0 bridgehead atoms. The van der Waals surface area contributed by atoms with E-state index in [1.165, 1.54) is 0 Å². The van der Waals surface area contributed by atoms with Crippen LogP contribution in [0.2, 0.25) is 0 Å². The Labute approximate surface area is 78.2 Å². The summed E-state index contributed by atoms with van der Waals surface area (Å²) >= 11 is 0. The van der Waals surface area contributed by atoms with Crippen molar-refractivity contribution in [2.45, 2.75) is 6.61 Å². The summed E-state index contributed by atoms with van der Waals surface area (Å²) in [5, 5.41) is 20.3. The van der Waals surface area contributed by atoms with E-state index in [4.69, 9.17) is 5.11 Å². The van der Waals surface area contributed by atoms with Gasteiger partial charge in [-0.25, -0.2) is 4.79 Å². The monoisotopic (exact) mass is 193 g/mol. The van der Waals surface area contributed by atoms with E-state index in [0.29, 0.717) is 0 Å². The maximum absolute atomic E-state index is 11.3. The lowest BCUT2D eigenvalue weighted by Gasteiger charge is -2.03. The number of rotatable bonds is 0. The minimum absolute atomic E-state index is 0.0905. The largest absolute Gasteiger partial charge is 0.872 e. The van der Waals surface area contributed by atoms with Crippen molar-refractivity contribution in [3.8, 4) is 11.5 Å². The molecule has 72 valence electrons. The molecule has 1 aromatic rings. The van der Waals surface area contributed by atoms with Gasteiger partial charge in [-0.1, -0.05) is 5.75 Å². The zero-order valence-corrected chi connectivity index (χ0v) is 6.94. The Morgan fingerprint density at radius 3 is 2.79 bits per heavy atom. The highest BCUT2D eigenvalue weighted by Gasteiger charge is 2.21. The highest BCUT2D eigenvalue weighted by molar-refractivity contribution is 5.95. The first-order valence-electron chi connectivity index (χ1n) is 3.84. The number of carbonyl (C=O) groups is 1. The summed E-state index contributed by atoms with van der Waals surface area (Å²) in [6.07, 6.45) is 0. The number of cyclic esters (lactones) is 1. The van der Waals surface area contributed by atoms with Gasteiger partial charge in [0.25, 0.3) is 0 Å². The zero-order valence-electron chi connectivity index (χ0n) is 6.94. The van der Waals surface area contributed by atoms with Crippen LogP contribution in [0.15, 0.2) is 16.9 Å². The lowest BCUT2D eigenvalue weighted by atomic mass is 10.2. The van der Waals surface area contributed by atoms with E-state index in [1.54, 1.807) is 0 Å². The highest BCUT2D eigenvalue weighted by atomic mass is 16.5. The molecule has 0 atom stereocenters. The normalized spacial score (nSPS) is 13.6. The summed E-state index contributed by atoms with van der Waals surface area (Å²) in [4.78, 5) is 22.1. The van der Waals surface area contributed by atoms with Crippen LogP contribution in [-0.4, -0.2) is 11.1 Å². The number of fused-ring (bicyclic) bond motifs is 1. The third kappa shape index (κ3) is 1.10. The Hall–Kier alpha value is -2.04.